The molecule has 2 aromatic heterocycles. The molecule has 4 N–H and O–H groups in total. The molecule has 30 heavy (non-hydrogen) atoms. The van der Waals surface area contributed by atoms with Crippen LogP contribution >= 0.6 is 0 Å². The van der Waals surface area contributed by atoms with Gasteiger partial charge in [0.25, 0.3) is 0 Å². The van der Waals surface area contributed by atoms with Crippen molar-refractivity contribution >= 4 is 33.4 Å². The van der Waals surface area contributed by atoms with E-state index in [9.17, 15) is 0 Å². The number of ether oxygens (including phenoxy) is 1. The number of H-pyrrole nitrogens is 1. The summed E-state index contributed by atoms with van der Waals surface area (Å²) >= 11 is 0. The molecule has 5 aromatic rings. The summed E-state index contributed by atoms with van der Waals surface area (Å²) in [5.74, 6) is 2.52. The molecule has 5 rings (SSSR count). The van der Waals surface area contributed by atoms with Gasteiger partial charge in [-0.3, -0.25) is 0 Å². The summed E-state index contributed by atoms with van der Waals surface area (Å²) in [6, 6.07) is 24.0. The first-order valence-electron chi connectivity index (χ1n) is 9.73. The van der Waals surface area contributed by atoms with E-state index in [2.05, 4.69) is 22.4 Å². The Kier molecular flexibility index (Phi) is 4.44. The zero-order valence-electron chi connectivity index (χ0n) is 16.5. The minimum atomic E-state index is 0.541. The van der Waals surface area contributed by atoms with Crippen LogP contribution in [0, 0.1) is 0 Å². The Morgan fingerprint density at radius 3 is 2.50 bits per heavy atom. The van der Waals surface area contributed by atoms with Gasteiger partial charge >= 0.3 is 0 Å². The van der Waals surface area contributed by atoms with Crippen LogP contribution in [0.3, 0.4) is 0 Å². The number of anilines is 2. The molecule has 0 aliphatic carbocycles. The first-order valence-corrected chi connectivity index (χ1v) is 9.73. The van der Waals surface area contributed by atoms with Crippen LogP contribution < -0.4 is 15.8 Å². The van der Waals surface area contributed by atoms with Crippen molar-refractivity contribution in [3.8, 4) is 17.1 Å². The number of fused-ring (bicyclic) bond motifs is 2. The van der Waals surface area contributed by atoms with Gasteiger partial charge in [0.1, 0.15) is 22.9 Å². The number of para-hydroxylation sites is 2. The molecule has 0 spiro atoms. The lowest BCUT2D eigenvalue weighted by Crippen LogP contribution is -2.05. The van der Waals surface area contributed by atoms with E-state index < -0.39 is 0 Å². The summed E-state index contributed by atoms with van der Waals surface area (Å²) in [4.78, 5) is 12.9. The highest BCUT2D eigenvalue weighted by Crippen LogP contribution is 2.36. The topological polar surface area (TPSA) is 88.9 Å². The number of hydrogen-bond donors (Lipinski definition) is 3. The second-order valence-corrected chi connectivity index (χ2v) is 7.05. The Labute approximate surface area is 173 Å². The Balaban J connectivity index is 1.70. The molecule has 6 nitrogen and oxygen atoms in total. The summed E-state index contributed by atoms with van der Waals surface area (Å²) < 4.78 is 5.58. The van der Waals surface area contributed by atoms with Crippen molar-refractivity contribution in [2.75, 3.05) is 18.2 Å². The minimum absolute atomic E-state index is 0.541. The van der Waals surface area contributed by atoms with E-state index in [1.54, 1.807) is 7.11 Å². The Hall–Kier alpha value is -4.06. The number of benzene rings is 3. The average molecular weight is 395 g/mol. The number of methoxy groups -OCH3 is 1. The molecule has 0 aliphatic heterocycles. The lowest BCUT2D eigenvalue weighted by atomic mass is 10.1. The molecular weight excluding hydrogens is 374 g/mol. The Morgan fingerprint density at radius 1 is 0.900 bits per heavy atom. The van der Waals surface area contributed by atoms with Crippen molar-refractivity contribution in [1.29, 1.82) is 0 Å². The molecule has 3 aromatic carbocycles. The van der Waals surface area contributed by atoms with Gasteiger partial charge in [0.05, 0.1) is 12.7 Å². The fraction of sp³-hybridized carbons (Fsp3) is 0.0833. The molecule has 0 fully saturated rings. The zero-order valence-corrected chi connectivity index (χ0v) is 16.5. The van der Waals surface area contributed by atoms with Gasteiger partial charge < -0.3 is 20.8 Å². The lowest BCUT2D eigenvalue weighted by molar-refractivity contribution is 0.419. The van der Waals surface area contributed by atoms with Gasteiger partial charge in [-0.25, -0.2) is 9.97 Å². The third-order valence-electron chi connectivity index (χ3n) is 5.17. The van der Waals surface area contributed by atoms with Crippen LogP contribution in [-0.4, -0.2) is 22.1 Å². The number of aromatic nitrogens is 3. The first kappa shape index (κ1) is 18.0. The van der Waals surface area contributed by atoms with Crippen LogP contribution in [0.5, 0.6) is 5.75 Å². The maximum absolute atomic E-state index is 6.33. The summed E-state index contributed by atoms with van der Waals surface area (Å²) in [5.41, 5.74) is 9.98. The number of nitrogens with zero attached hydrogens (tertiary/aromatic N) is 2. The maximum Gasteiger partial charge on any atom is 0.166 e. The van der Waals surface area contributed by atoms with Gasteiger partial charge in [0.15, 0.2) is 5.82 Å². The normalized spacial score (nSPS) is 11.1. The van der Waals surface area contributed by atoms with Crippen LogP contribution in [-0.2, 0) is 6.54 Å². The van der Waals surface area contributed by atoms with Crippen molar-refractivity contribution in [2.45, 2.75) is 6.54 Å². The fourth-order valence-electron chi connectivity index (χ4n) is 3.72. The average Bonchev–Trinajstić information content (AvgIpc) is 3.13. The third-order valence-corrected chi connectivity index (χ3v) is 5.17. The SMILES string of the molecule is COc1cccc2c(NCc3ccccc3)nc(-c3c(N)[nH]c4ccccc34)nc12. The van der Waals surface area contributed by atoms with Crippen molar-refractivity contribution < 1.29 is 4.74 Å². The predicted octanol–water partition coefficient (Wildman–Crippen LogP) is 4.98. The largest absolute Gasteiger partial charge is 0.494 e. The molecule has 0 unspecified atom stereocenters. The monoisotopic (exact) mass is 395 g/mol. The number of nitrogen functional groups attached to an aromatic ring is 1. The Bertz CT molecular complexity index is 1340. The first-order chi connectivity index (χ1) is 14.7. The van der Waals surface area contributed by atoms with E-state index in [0.717, 1.165) is 33.2 Å². The second kappa shape index (κ2) is 7.40. The molecule has 0 aliphatic rings. The summed E-state index contributed by atoms with van der Waals surface area (Å²) in [6.45, 7) is 0.646. The lowest BCUT2D eigenvalue weighted by Gasteiger charge is -2.13. The zero-order chi connectivity index (χ0) is 20.5. The Morgan fingerprint density at radius 2 is 1.67 bits per heavy atom. The van der Waals surface area contributed by atoms with Crippen molar-refractivity contribution in [1.82, 2.24) is 15.0 Å². The molecule has 6 heteroatoms. The van der Waals surface area contributed by atoms with Crippen LogP contribution in [0.2, 0.25) is 0 Å². The van der Waals surface area contributed by atoms with Crippen molar-refractivity contribution in [2.24, 2.45) is 0 Å². The van der Waals surface area contributed by atoms with Gasteiger partial charge in [0, 0.05) is 22.8 Å². The standard InChI is InChI=1S/C24H21N5O/c1-30-19-13-7-11-17-21(19)28-24(20-16-10-5-6-12-18(16)27-22(20)25)29-23(17)26-14-15-8-3-2-4-9-15/h2-13,27H,14,25H2,1H3,(H,26,28,29). The highest BCUT2D eigenvalue weighted by Gasteiger charge is 2.18. The number of aromatic amines is 1. The number of nitrogens with one attached hydrogen (secondary N) is 2. The molecule has 148 valence electrons. The van der Waals surface area contributed by atoms with E-state index in [4.69, 9.17) is 20.4 Å². The molecule has 0 saturated carbocycles. The van der Waals surface area contributed by atoms with Crippen molar-refractivity contribution in [3.05, 3.63) is 78.4 Å². The van der Waals surface area contributed by atoms with Crippen LogP contribution in [0.25, 0.3) is 33.2 Å². The van der Waals surface area contributed by atoms with Gasteiger partial charge in [-0.15, -0.1) is 0 Å². The summed E-state index contributed by atoms with van der Waals surface area (Å²) in [7, 11) is 1.65. The maximum atomic E-state index is 6.33. The molecule has 0 radical (unpaired) electrons. The van der Waals surface area contributed by atoms with E-state index in [0.29, 0.717) is 23.9 Å². The third kappa shape index (κ3) is 3.08. The minimum Gasteiger partial charge on any atom is -0.494 e. The van der Waals surface area contributed by atoms with Crippen LogP contribution in [0.4, 0.5) is 11.6 Å². The van der Waals surface area contributed by atoms with E-state index in [1.165, 1.54) is 5.56 Å². The number of hydrogen-bond acceptors (Lipinski definition) is 5. The molecule has 0 amide bonds. The van der Waals surface area contributed by atoms with Crippen molar-refractivity contribution in [3.63, 3.8) is 0 Å². The quantitative estimate of drug-likeness (QED) is 0.390. The smallest absolute Gasteiger partial charge is 0.166 e. The van der Waals surface area contributed by atoms with E-state index in [1.807, 2.05) is 60.7 Å². The number of nitrogens with two attached hydrogens (primary N) is 1. The van der Waals surface area contributed by atoms with Crippen LogP contribution in [0.1, 0.15) is 5.56 Å². The summed E-state index contributed by atoms with van der Waals surface area (Å²) in [6.07, 6.45) is 0. The van der Waals surface area contributed by atoms with E-state index >= 15 is 0 Å². The highest BCUT2D eigenvalue weighted by atomic mass is 16.5. The molecule has 0 atom stereocenters. The molecule has 2 heterocycles. The van der Waals surface area contributed by atoms with Gasteiger partial charge in [-0.05, 0) is 23.8 Å². The molecule has 0 saturated heterocycles. The van der Waals surface area contributed by atoms with Gasteiger partial charge in [-0.2, -0.15) is 0 Å². The van der Waals surface area contributed by atoms with Gasteiger partial charge in [0.2, 0.25) is 0 Å². The summed E-state index contributed by atoms with van der Waals surface area (Å²) in [5, 5.41) is 5.35. The fourth-order valence-corrected chi connectivity index (χ4v) is 3.72. The predicted molar refractivity (Wildman–Crippen MR) is 122 cm³/mol. The highest BCUT2D eigenvalue weighted by molar-refractivity contribution is 6.02. The second-order valence-electron chi connectivity index (χ2n) is 7.05. The van der Waals surface area contributed by atoms with Crippen LogP contribution in [0.15, 0.2) is 72.8 Å². The van der Waals surface area contributed by atoms with E-state index in [-0.39, 0.29) is 0 Å². The molecular formula is C24H21N5O. The molecule has 0 bridgehead atoms. The van der Waals surface area contributed by atoms with Gasteiger partial charge in [-0.1, -0.05) is 54.6 Å². The number of rotatable bonds is 5.